The van der Waals surface area contributed by atoms with E-state index < -0.39 is 5.97 Å². The van der Waals surface area contributed by atoms with Crippen molar-refractivity contribution in [1.29, 1.82) is 0 Å². The van der Waals surface area contributed by atoms with Crippen molar-refractivity contribution in [3.63, 3.8) is 0 Å². The molecule has 0 spiro atoms. The average Bonchev–Trinajstić information content (AvgIpc) is 2.42. The molecule has 0 aromatic heterocycles. The molecule has 1 unspecified atom stereocenters. The molecule has 0 saturated heterocycles. The first-order chi connectivity index (χ1) is 9.94. The summed E-state index contributed by atoms with van der Waals surface area (Å²) >= 11 is 0. The molecule has 0 bridgehead atoms. The van der Waals surface area contributed by atoms with Crippen molar-refractivity contribution < 1.29 is 19.1 Å². The Kier molecular flexibility index (Phi) is 10.3. The van der Waals surface area contributed by atoms with E-state index in [1.165, 1.54) is 0 Å². The molecule has 0 saturated carbocycles. The number of carbonyl (C=O) groups is 2. The van der Waals surface area contributed by atoms with E-state index in [0.717, 1.165) is 6.42 Å². The van der Waals surface area contributed by atoms with Crippen molar-refractivity contribution in [2.24, 2.45) is 5.92 Å². The van der Waals surface area contributed by atoms with Crippen LogP contribution in [-0.2, 0) is 19.1 Å². The third kappa shape index (κ3) is 9.05. The third-order valence-electron chi connectivity index (χ3n) is 3.12. The normalized spacial score (nSPS) is 12.0. The van der Waals surface area contributed by atoms with Crippen molar-refractivity contribution in [2.45, 2.75) is 65.1 Å². The van der Waals surface area contributed by atoms with Gasteiger partial charge in [-0.2, -0.15) is 0 Å². The lowest BCUT2D eigenvalue weighted by atomic mass is 10.1. The molecule has 120 valence electrons. The van der Waals surface area contributed by atoms with E-state index in [1.807, 2.05) is 20.8 Å². The quantitative estimate of drug-likeness (QED) is 0.430. The van der Waals surface area contributed by atoms with Gasteiger partial charge in [0.05, 0.1) is 12.8 Å². The molecule has 0 aromatic rings. The molecule has 0 aliphatic heterocycles. The first kappa shape index (κ1) is 19.4. The van der Waals surface area contributed by atoms with E-state index in [0.29, 0.717) is 12.8 Å². The first-order valence-electron chi connectivity index (χ1n) is 7.55. The highest BCUT2D eigenvalue weighted by molar-refractivity contribution is 5.77. The summed E-state index contributed by atoms with van der Waals surface area (Å²) in [5.74, 6) is -0.467. The molecule has 4 heteroatoms. The summed E-state index contributed by atoms with van der Waals surface area (Å²) in [6.45, 7) is 13.2. The summed E-state index contributed by atoms with van der Waals surface area (Å²) in [5.41, 5.74) is 0. The largest absolute Gasteiger partial charge is 0.462 e. The van der Waals surface area contributed by atoms with Crippen LogP contribution in [0.3, 0.4) is 0 Å². The van der Waals surface area contributed by atoms with Gasteiger partial charge in [-0.3, -0.25) is 9.59 Å². The van der Waals surface area contributed by atoms with Crippen molar-refractivity contribution in [3.05, 3.63) is 25.3 Å². The molecule has 0 amide bonds. The SMILES string of the molecule is C=CCC(CC=C)OC(=O)CCC(=O)OC(CC)C(C)C. The van der Waals surface area contributed by atoms with Gasteiger partial charge in [-0.1, -0.05) is 32.9 Å². The summed E-state index contributed by atoms with van der Waals surface area (Å²) in [6, 6.07) is 0. The van der Waals surface area contributed by atoms with Crippen LogP contribution in [0.5, 0.6) is 0 Å². The molecule has 0 rings (SSSR count). The van der Waals surface area contributed by atoms with Gasteiger partial charge in [-0.15, -0.1) is 13.2 Å². The molecular weight excluding hydrogens is 268 g/mol. The van der Waals surface area contributed by atoms with E-state index in [2.05, 4.69) is 13.2 Å². The summed E-state index contributed by atoms with van der Waals surface area (Å²) < 4.78 is 10.6. The summed E-state index contributed by atoms with van der Waals surface area (Å²) in [5, 5.41) is 0. The van der Waals surface area contributed by atoms with Gasteiger partial charge in [0.25, 0.3) is 0 Å². The van der Waals surface area contributed by atoms with Crippen LogP contribution in [-0.4, -0.2) is 24.1 Å². The molecule has 0 heterocycles. The lowest BCUT2D eigenvalue weighted by Crippen LogP contribution is -2.24. The highest BCUT2D eigenvalue weighted by atomic mass is 16.6. The zero-order valence-corrected chi connectivity index (χ0v) is 13.5. The fraction of sp³-hybridized carbons (Fsp3) is 0.647. The molecule has 0 aromatic carbocycles. The van der Waals surface area contributed by atoms with Crippen LogP contribution in [0, 0.1) is 5.92 Å². The summed E-state index contributed by atoms with van der Waals surface area (Å²) in [7, 11) is 0. The fourth-order valence-electron chi connectivity index (χ4n) is 1.93. The van der Waals surface area contributed by atoms with Crippen LogP contribution in [0.15, 0.2) is 25.3 Å². The van der Waals surface area contributed by atoms with Gasteiger partial charge < -0.3 is 9.47 Å². The fourth-order valence-corrected chi connectivity index (χ4v) is 1.93. The number of carbonyl (C=O) groups excluding carboxylic acids is 2. The Labute approximate surface area is 128 Å². The molecule has 0 radical (unpaired) electrons. The maximum absolute atomic E-state index is 11.7. The second-order valence-corrected chi connectivity index (χ2v) is 5.34. The third-order valence-corrected chi connectivity index (χ3v) is 3.12. The Morgan fingerprint density at radius 3 is 1.86 bits per heavy atom. The van der Waals surface area contributed by atoms with Crippen LogP contribution in [0.2, 0.25) is 0 Å². The Hall–Kier alpha value is -1.58. The van der Waals surface area contributed by atoms with E-state index >= 15 is 0 Å². The van der Waals surface area contributed by atoms with E-state index in [9.17, 15) is 9.59 Å². The number of rotatable bonds is 11. The van der Waals surface area contributed by atoms with E-state index in [1.54, 1.807) is 12.2 Å². The molecule has 0 N–H and O–H groups in total. The molecule has 0 fully saturated rings. The first-order valence-corrected chi connectivity index (χ1v) is 7.55. The highest BCUT2D eigenvalue weighted by Gasteiger charge is 2.18. The molecule has 0 aliphatic carbocycles. The van der Waals surface area contributed by atoms with Crippen molar-refractivity contribution >= 4 is 11.9 Å². The van der Waals surface area contributed by atoms with Crippen molar-refractivity contribution in [1.82, 2.24) is 0 Å². The molecule has 4 nitrogen and oxygen atoms in total. The minimum absolute atomic E-state index is 0.0398. The average molecular weight is 296 g/mol. The number of esters is 2. The van der Waals surface area contributed by atoms with Crippen LogP contribution < -0.4 is 0 Å². The van der Waals surface area contributed by atoms with Gasteiger partial charge in [0.1, 0.15) is 12.2 Å². The van der Waals surface area contributed by atoms with E-state index in [-0.39, 0.29) is 36.9 Å². The highest BCUT2D eigenvalue weighted by Crippen LogP contribution is 2.13. The van der Waals surface area contributed by atoms with Crippen molar-refractivity contribution in [3.8, 4) is 0 Å². The lowest BCUT2D eigenvalue weighted by molar-refractivity contribution is -0.157. The smallest absolute Gasteiger partial charge is 0.306 e. The second-order valence-electron chi connectivity index (χ2n) is 5.34. The standard InChI is InChI=1S/C17H28O4/c1-6-9-14(10-7-2)20-16(18)11-12-17(19)21-15(8-3)13(4)5/h6-7,13-15H,1-2,8-12H2,3-5H3. The van der Waals surface area contributed by atoms with Gasteiger partial charge >= 0.3 is 11.9 Å². The topological polar surface area (TPSA) is 52.6 Å². The minimum atomic E-state index is -0.391. The molecule has 0 aliphatic rings. The van der Waals surface area contributed by atoms with Gasteiger partial charge in [0, 0.05) is 12.8 Å². The lowest BCUT2D eigenvalue weighted by Gasteiger charge is -2.19. The predicted octanol–water partition coefficient (Wildman–Crippen LogP) is 3.81. The predicted molar refractivity (Wildman–Crippen MR) is 83.8 cm³/mol. The number of hydrogen-bond donors (Lipinski definition) is 0. The Morgan fingerprint density at radius 2 is 1.48 bits per heavy atom. The molecule has 1 atom stereocenters. The van der Waals surface area contributed by atoms with Crippen LogP contribution >= 0.6 is 0 Å². The Balaban J connectivity index is 4.13. The monoisotopic (exact) mass is 296 g/mol. The van der Waals surface area contributed by atoms with Crippen LogP contribution in [0.4, 0.5) is 0 Å². The summed E-state index contributed by atoms with van der Waals surface area (Å²) in [6.07, 6.45) is 5.07. The number of hydrogen-bond acceptors (Lipinski definition) is 4. The van der Waals surface area contributed by atoms with Gasteiger partial charge in [0.15, 0.2) is 0 Å². The van der Waals surface area contributed by atoms with Gasteiger partial charge in [-0.25, -0.2) is 0 Å². The Morgan fingerprint density at radius 1 is 1.00 bits per heavy atom. The van der Waals surface area contributed by atoms with Gasteiger partial charge in [0.2, 0.25) is 0 Å². The second kappa shape index (κ2) is 11.1. The van der Waals surface area contributed by atoms with Crippen LogP contribution in [0.25, 0.3) is 0 Å². The zero-order valence-electron chi connectivity index (χ0n) is 13.5. The minimum Gasteiger partial charge on any atom is -0.462 e. The number of ether oxygens (including phenoxy) is 2. The maximum Gasteiger partial charge on any atom is 0.306 e. The van der Waals surface area contributed by atoms with Crippen molar-refractivity contribution in [2.75, 3.05) is 0 Å². The van der Waals surface area contributed by atoms with Gasteiger partial charge in [-0.05, 0) is 12.3 Å². The Bertz CT molecular complexity index is 337. The van der Waals surface area contributed by atoms with Crippen LogP contribution in [0.1, 0.15) is 52.9 Å². The molecular formula is C17H28O4. The molecule has 21 heavy (non-hydrogen) atoms. The van der Waals surface area contributed by atoms with E-state index in [4.69, 9.17) is 9.47 Å². The zero-order chi connectivity index (χ0) is 16.3. The maximum atomic E-state index is 11.7. The summed E-state index contributed by atoms with van der Waals surface area (Å²) in [4.78, 5) is 23.4.